The molecule has 0 saturated carbocycles. The number of carbonyl (C=O) groups is 3. The van der Waals surface area contributed by atoms with E-state index in [1.165, 1.54) is 0 Å². The molecule has 0 unspecified atom stereocenters. The number of likely N-dealkylation sites (tertiary alicyclic amines) is 1. The Labute approximate surface area is 147 Å². The van der Waals surface area contributed by atoms with Gasteiger partial charge in [0.2, 0.25) is 5.91 Å². The first-order chi connectivity index (χ1) is 12.0. The molecule has 0 radical (unpaired) electrons. The molecule has 6 nitrogen and oxygen atoms in total. The number of ketones is 1. The van der Waals surface area contributed by atoms with Crippen molar-refractivity contribution in [2.45, 2.75) is 44.9 Å². The van der Waals surface area contributed by atoms with Crippen LogP contribution in [0.25, 0.3) is 0 Å². The fourth-order valence-electron chi connectivity index (χ4n) is 3.57. The lowest BCUT2D eigenvalue weighted by atomic mass is 10.0. The number of nitrogens with one attached hydrogen (secondary N) is 1. The second-order valence-corrected chi connectivity index (χ2v) is 7.10. The van der Waals surface area contributed by atoms with E-state index in [1.807, 2.05) is 19.9 Å². The van der Waals surface area contributed by atoms with Crippen LogP contribution in [-0.2, 0) is 14.3 Å². The van der Waals surface area contributed by atoms with Crippen LogP contribution in [0.4, 0.5) is 0 Å². The molecule has 1 aromatic carbocycles. The van der Waals surface area contributed by atoms with Crippen LogP contribution in [0.2, 0.25) is 0 Å². The predicted molar refractivity (Wildman–Crippen MR) is 92.0 cm³/mol. The Kier molecular flexibility index (Phi) is 5.18. The minimum Gasteiger partial charge on any atom is -0.368 e. The summed E-state index contributed by atoms with van der Waals surface area (Å²) in [5.41, 5.74) is 0.517. The van der Waals surface area contributed by atoms with E-state index < -0.39 is 12.1 Å². The maximum absolute atomic E-state index is 13.0. The van der Waals surface area contributed by atoms with Gasteiger partial charge in [0.05, 0.1) is 6.10 Å². The standard InChI is InChI=1S/C19H24N2O4/c1-12(2)10-14(20-18(23)13-6-4-3-5-7-13)19(24)21-9-8-16-17(21)15(22)11-25-16/h3-7,12,14,16-17H,8-11H2,1-2H3,(H,20,23)/t14-,16+,17+/m0/s1. The smallest absolute Gasteiger partial charge is 0.251 e. The lowest BCUT2D eigenvalue weighted by Gasteiger charge is -2.28. The molecule has 0 spiro atoms. The first-order valence-electron chi connectivity index (χ1n) is 8.78. The van der Waals surface area contributed by atoms with Crippen molar-refractivity contribution in [3.05, 3.63) is 35.9 Å². The molecule has 2 aliphatic rings. The lowest BCUT2D eigenvalue weighted by Crippen LogP contribution is -2.52. The highest BCUT2D eigenvalue weighted by Gasteiger charge is 2.48. The minimum absolute atomic E-state index is 0.0477. The monoisotopic (exact) mass is 344 g/mol. The van der Waals surface area contributed by atoms with E-state index >= 15 is 0 Å². The van der Waals surface area contributed by atoms with Gasteiger partial charge in [0.1, 0.15) is 18.7 Å². The molecule has 2 amide bonds. The Morgan fingerprint density at radius 3 is 2.68 bits per heavy atom. The largest absolute Gasteiger partial charge is 0.368 e. The summed E-state index contributed by atoms with van der Waals surface area (Å²) in [5, 5.41) is 2.85. The van der Waals surface area contributed by atoms with Crippen molar-refractivity contribution in [2.75, 3.05) is 13.2 Å². The third-order valence-corrected chi connectivity index (χ3v) is 4.74. The second kappa shape index (κ2) is 7.35. The third kappa shape index (κ3) is 3.74. The van der Waals surface area contributed by atoms with Crippen LogP contribution in [-0.4, -0.2) is 53.8 Å². The number of benzene rings is 1. The van der Waals surface area contributed by atoms with Gasteiger partial charge < -0.3 is 15.0 Å². The van der Waals surface area contributed by atoms with Crippen molar-refractivity contribution < 1.29 is 19.1 Å². The SMILES string of the molecule is CC(C)C[C@H](NC(=O)c1ccccc1)C(=O)N1CC[C@H]2OCC(=O)[C@H]21. The molecule has 0 aliphatic carbocycles. The number of rotatable bonds is 5. The summed E-state index contributed by atoms with van der Waals surface area (Å²) >= 11 is 0. The molecule has 2 saturated heterocycles. The summed E-state index contributed by atoms with van der Waals surface area (Å²) in [5.74, 6) is -0.277. The quantitative estimate of drug-likeness (QED) is 0.876. The minimum atomic E-state index is -0.639. The van der Waals surface area contributed by atoms with Crippen molar-refractivity contribution in [1.29, 1.82) is 0 Å². The highest BCUT2D eigenvalue weighted by molar-refractivity contribution is 5.99. The van der Waals surface area contributed by atoms with Crippen LogP contribution in [0.3, 0.4) is 0 Å². The average molecular weight is 344 g/mol. The predicted octanol–water partition coefficient (Wildman–Crippen LogP) is 1.40. The zero-order chi connectivity index (χ0) is 18.0. The topological polar surface area (TPSA) is 75.7 Å². The number of nitrogens with zero attached hydrogens (tertiary/aromatic N) is 1. The Morgan fingerprint density at radius 1 is 1.28 bits per heavy atom. The molecule has 3 atom stereocenters. The molecular formula is C19H24N2O4. The molecule has 2 fully saturated rings. The Balaban J connectivity index is 1.75. The van der Waals surface area contributed by atoms with Crippen molar-refractivity contribution >= 4 is 17.6 Å². The van der Waals surface area contributed by atoms with Crippen LogP contribution < -0.4 is 5.32 Å². The normalized spacial score (nSPS) is 23.6. The van der Waals surface area contributed by atoms with E-state index in [9.17, 15) is 14.4 Å². The molecule has 3 rings (SSSR count). The number of fused-ring (bicyclic) bond motifs is 1. The van der Waals surface area contributed by atoms with Crippen molar-refractivity contribution in [1.82, 2.24) is 10.2 Å². The molecular weight excluding hydrogens is 320 g/mol. The molecule has 0 bridgehead atoms. The average Bonchev–Trinajstić information content (AvgIpc) is 3.17. The fourth-order valence-corrected chi connectivity index (χ4v) is 3.57. The van der Waals surface area contributed by atoms with E-state index in [2.05, 4.69) is 5.32 Å². The van der Waals surface area contributed by atoms with Crippen LogP contribution in [0.1, 0.15) is 37.0 Å². The van der Waals surface area contributed by atoms with Crippen molar-refractivity contribution in [3.63, 3.8) is 0 Å². The number of hydrogen-bond acceptors (Lipinski definition) is 4. The van der Waals surface area contributed by atoms with Gasteiger partial charge in [-0.25, -0.2) is 0 Å². The van der Waals surface area contributed by atoms with Crippen LogP contribution in [0, 0.1) is 5.92 Å². The van der Waals surface area contributed by atoms with Crippen molar-refractivity contribution in [3.8, 4) is 0 Å². The van der Waals surface area contributed by atoms with Crippen LogP contribution >= 0.6 is 0 Å². The van der Waals surface area contributed by atoms with E-state index in [-0.39, 0.29) is 36.2 Å². The third-order valence-electron chi connectivity index (χ3n) is 4.74. The number of hydrogen-bond donors (Lipinski definition) is 1. The molecule has 0 aromatic heterocycles. The van der Waals surface area contributed by atoms with Gasteiger partial charge in [0.15, 0.2) is 5.78 Å². The maximum atomic E-state index is 13.0. The summed E-state index contributed by atoms with van der Waals surface area (Å²) in [6.45, 7) is 4.58. The van der Waals surface area contributed by atoms with E-state index in [0.29, 0.717) is 24.9 Å². The fraction of sp³-hybridized carbons (Fsp3) is 0.526. The van der Waals surface area contributed by atoms with Gasteiger partial charge in [0, 0.05) is 12.1 Å². The van der Waals surface area contributed by atoms with Gasteiger partial charge in [-0.15, -0.1) is 0 Å². The van der Waals surface area contributed by atoms with Crippen LogP contribution in [0.15, 0.2) is 30.3 Å². The lowest BCUT2D eigenvalue weighted by molar-refractivity contribution is -0.138. The van der Waals surface area contributed by atoms with Gasteiger partial charge in [-0.3, -0.25) is 14.4 Å². The highest BCUT2D eigenvalue weighted by Crippen LogP contribution is 2.28. The second-order valence-electron chi connectivity index (χ2n) is 7.10. The molecule has 2 heterocycles. The van der Waals surface area contributed by atoms with Gasteiger partial charge in [-0.05, 0) is 30.9 Å². The first kappa shape index (κ1) is 17.6. The van der Waals surface area contributed by atoms with E-state index in [0.717, 1.165) is 0 Å². The number of amides is 2. The molecule has 6 heteroatoms. The van der Waals surface area contributed by atoms with E-state index in [4.69, 9.17) is 4.74 Å². The summed E-state index contributed by atoms with van der Waals surface area (Å²) in [6, 6.07) is 7.71. The Morgan fingerprint density at radius 2 is 2.00 bits per heavy atom. The maximum Gasteiger partial charge on any atom is 0.251 e. The first-order valence-corrected chi connectivity index (χ1v) is 8.78. The summed E-state index contributed by atoms with van der Waals surface area (Å²) in [7, 11) is 0. The zero-order valence-corrected chi connectivity index (χ0v) is 14.6. The number of carbonyl (C=O) groups excluding carboxylic acids is 3. The molecule has 1 N–H and O–H groups in total. The highest BCUT2D eigenvalue weighted by atomic mass is 16.5. The molecule has 2 aliphatic heterocycles. The van der Waals surface area contributed by atoms with Crippen LogP contribution in [0.5, 0.6) is 0 Å². The molecule has 1 aromatic rings. The summed E-state index contributed by atoms with van der Waals surface area (Å²) in [4.78, 5) is 39.2. The molecule has 134 valence electrons. The van der Waals surface area contributed by atoms with Crippen molar-refractivity contribution in [2.24, 2.45) is 5.92 Å². The van der Waals surface area contributed by atoms with E-state index in [1.54, 1.807) is 29.2 Å². The number of ether oxygens (including phenoxy) is 1. The van der Waals surface area contributed by atoms with Gasteiger partial charge in [-0.2, -0.15) is 0 Å². The van der Waals surface area contributed by atoms with Gasteiger partial charge in [-0.1, -0.05) is 32.0 Å². The zero-order valence-electron chi connectivity index (χ0n) is 14.6. The summed E-state index contributed by atoms with van der Waals surface area (Å²) < 4.78 is 5.45. The van der Waals surface area contributed by atoms with Gasteiger partial charge >= 0.3 is 0 Å². The van der Waals surface area contributed by atoms with Gasteiger partial charge in [0.25, 0.3) is 5.91 Å². The Hall–Kier alpha value is -2.21. The summed E-state index contributed by atoms with van der Waals surface area (Å²) in [6.07, 6.45) is 1.00. The molecule has 25 heavy (non-hydrogen) atoms. The Bertz CT molecular complexity index is 659. The number of Topliss-reactive ketones (excluding diaryl/α,β-unsaturated/α-hetero) is 1.